The molecule has 5 aliphatic rings. The number of ether oxygens (including phenoxy) is 3. The number of hydrogen-bond donors (Lipinski definition) is 1. The normalized spacial score (nSPS) is 32.5. The Bertz CT molecular complexity index is 1050. The average Bonchev–Trinajstić information content (AvgIpc) is 2.86. The maximum absolute atomic E-state index is 11.6. The van der Waals surface area contributed by atoms with Gasteiger partial charge in [-0.1, -0.05) is 43.3 Å². The number of carbonyl (C=O) groups excluding carboxylic acids is 1. The molecule has 0 aliphatic heterocycles. The summed E-state index contributed by atoms with van der Waals surface area (Å²) in [5.74, 6) is 1.63. The van der Waals surface area contributed by atoms with Gasteiger partial charge in [0.1, 0.15) is 5.60 Å². The zero-order valence-corrected chi connectivity index (χ0v) is 21.0. The van der Waals surface area contributed by atoms with Gasteiger partial charge >= 0.3 is 12.1 Å². The van der Waals surface area contributed by atoms with Crippen molar-refractivity contribution >= 4 is 17.7 Å². The van der Waals surface area contributed by atoms with Gasteiger partial charge in [-0.3, -0.25) is 0 Å². The van der Waals surface area contributed by atoms with E-state index in [1.165, 1.54) is 55.7 Å². The molecule has 5 aliphatic carbocycles. The molecule has 36 heavy (non-hydrogen) atoms. The summed E-state index contributed by atoms with van der Waals surface area (Å²) >= 11 is 0. The van der Waals surface area contributed by atoms with Gasteiger partial charge in [-0.25, -0.2) is 9.59 Å². The molecule has 0 spiro atoms. The topological polar surface area (TPSA) is 82.1 Å². The van der Waals surface area contributed by atoms with Crippen molar-refractivity contribution in [2.75, 3.05) is 13.4 Å². The van der Waals surface area contributed by atoms with Crippen LogP contribution in [-0.4, -0.2) is 36.2 Å². The van der Waals surface area contributed by atoms with Gasteiger partial charge in [0.25, 0.3) is 0 Å². The molecule has 6 nitrogen and oxygen atoms in total. The first-order valence-corrected chi connectivity index (χ1v) is 13.2. The van der Waals surface area contributed by atoms with Crippen LogP contribution in [-0.2, 0) is 24.4 Å². The van der Waals surface area contributed by atoms with Crippen LogP contribution in [0.3, 0.4) is 0 Å². The third-order valence-corrected chi connectivity index (χ3v) is 8.47. The zero-order chi connectivity index (χ0) is 25.2. The third kappa shape index (κ3) is 5.29. The Balaban J connectivity index is 1.30. The van der Waals surface area contributed by atoms with Gasteiger partial charge in [0.05, 0.1) is 6.61 Å². The molecule has 1 N–H and O–H groups in total. The highest BCUT2D eigenvalue weighted by Crippen LogP contribution is 2.60. The van der Waals surface area contributed by atoms with Crippen LogP contribution in [0.2, 0.25) is 0 Å². The lowest BCUT2D eigenvalue weighted by atomic mass is 9.48. The molecule has 4 bridgehead atoms. The van der Waals surface area contributed by atoms with E-state index in [2.05, 4.69) is 30.3 Å². The Morgan fingerprint density at radius 1 is 1.08 bits per heavy atom. The predicted octanol–water partition coefficient (Wildman–Crippen LogP) is 6.41. The van der Waals surface area contributed by atoms with Gasteiger partial charge in [-0.2, -0.15) is 0 Å². The third-order valence-electron chi connectivity index (χ3n) is 8.47. The highest BCUT2D eigenvalue weighted by Gasteiger charge is 2.51. The van der Waals surface area contributed by atoms with Crippen molar-refractivity contribution < 1.29 is 28.9 Å². The molecule has 192 valence electrons. The number of aliphatic carboxylic acids is 1. The van der Waals surface area contributed by atoms with Crippen LogP contribution in [0.4, 0.5) is 4.79 Å². The second-order valence-electron chi connectivity index (χ2n) is 11.1. The number of benzene rings is 1. The molecular formula is C30H36O6. The summed E-state index contributed by atoms with van der Waals surface area (Å²) in [4.78, 5) is 22.8. The molecule has 1 aromatic carbocycles. The average molecular weight is 493 g/mol. The first-order chi connectivity index (χ1) is 17.4. The largest absolute Gasteiger partial charge is 0.510 e. The lowest BCUT2D eigenvalue weighted by molar-refractivity contribution is -0.131. The SMILES string of the molecule is CCCOC(=O)OCOC1(C=CC(=O)O)C=CC(c2cccc(C34CC5CC(CC(C5)C3)C4)c2)=CC1. The number of carbonyl (C=O) groups is 2. The fourth-order valence-corrected chi connectivity index (χ4v) is 7.25. The van der Waals surface area contributed by atoms with Gasteiger partial charge in [0, 0.05) is 12.5 Å². The number of carboxylic acid groups (broad SMARTS) is 1. The lowest BCUT2D eigenvalue weighted by Gasteiger charge is -2.57. The molecule has 0 radical (unpaired) electrons. The maximum atomic E-state index is 11.6. The standard InChI is InChI=1S/C30H36O6/c1-2-12-34-28(33)35-20-36-30(11-8-27(31)32)9-6-24(7-10-30)25-4-3-5-26(16-25)29-17-21-13-22(18-29)15-23(14-21)19-29/h3-9,11,16,21-23H,2,10,12-15,17-20H2,1H3,(H,31,32). The van der Waals surface area contributed by atoms with Crippen molar-refractivity contribution in [3.8, 4) is 0 Å². The van der Waals surface area contributed by atoms with Crippen molar-refractivity contribution in [1.29, 1.82) is 0 Å². The van der Waals surface area contributed by atoms with E-state index in [1.807, 2.05) is 19.1 Å². The van der Waals surface area contributed by atoms with E-state index in [4.69, 9.17) is 19.3 Å². The van der Waals surface area contributed by atoms with Crippen LogP contribution in [0.15, 0.2) is 54.6 Å². The fourth-order valence-electron chi connectivity index (χ4n) is 7.25. The molecule has 6 heteroatoms. The first-order valence-electron chi connectivity index (χ1n) is 13.2. The lowest BCUT2D eigenvalue weighted by Crippen LogP contribution is -2.48. The molecule has 0 aromatic heterocycles. The molecule has 0 heterocycles. The van der Waals surface area contributed by atoms with Crippen LogP contribution < -0.4 is 0 Å². The van der Waals surface area contributed by atoms with Crippen molar-refractivity contribution in [3.05, 3.63) is 65.8 Å². The Morgan fingerprint density at radius 2 is 1.81 bits per heavy atom. The van der Waals surface area contributed by atoms with E-state index in [1.54, 1.807) is 0 Å². The molecule has 6 rings (SSSR count). The Labute approximate surface area is 213 Å². The van der Waals surface area contributed by atoms with Gasteiger partial charge in [-0.15, -0.1) is 0 Å². The Hall–Kier alpha value is -2.86. The minimum Gasteiger partial charge on any atom is -0.478 e. The van der Waals surface area contributed by atoms with Gasteiger partial charge in [-0.05, 0) is 97.0 Å². The molecule has 1 aromatic rings. The minimum atomic E-state index is -1.06. The molecule has 1 atom stereocenters. The maximum Gasteiger partial charge on any atom is 0.510 e. The van der Waals surface area contributed by atoms with Crippen molar-refractivity contribution in [2.45, 2.75) is 69.3 Å². The number of allylic oxidation sites excluding steroid dienone is 2. The van der Waals surface area contributed by atoms with Crippen LogP contribution in [0.5, 0.6) is 0 Å². The second kappa shape index (κ2) is 10.3. The molecule has 0 amide bonds. The number of carboxylic acids is 1. The van der Waals surface area contributed by atoms with Crippen molar-refractivity contribution in [1.82, 2.24) is 0 Å². The highest BCUT2D eigenvalue weighted by atomic mass is 16.8. The summed E-state index contributed by atoms with van der Waals surface area (Å²) in [6, 6.07) is 9.02. The highest BCUT2D eigenvalue weighted by molar-refractivity contribution is 5.80. The summed E-state index contributed by atoms with van der Waals surface area (Å²) in [5, 5.41) is 9.16. The van der Waals surface area contributed by atoms with Crippen LogP contribution in [0, 0.1) is 17.8 Å². The van der Waals surface area contributed by atoms with E-state index in [0.29, 0.717) is 18.3 Å². The number of rotatable bonds is 9. The molecule has 4 saturated carbocycles. The van der Waals surface area contributed by atoms with E-state index < -0.39 is 17.7 Å². The van der Waals surface area contributed by atoms with E-state index in [9.17, 15) is 9.59 Å². The van der Waals surface area contributed by atoms with E-state index >= 15 is 0 Å². The van der Waals surface area contributed by atoms with E-state index in [-0.39, 0.29) is 13.4 Å². The van der Waals surface area contributed by atoms with Gasteiger partial charge in [0.15, 0.2) is 6.79 Å². The summed E-state index contributed by atoms with van der Waals surface area (Å²) < 4.78 is 15.7. The zero-order valence-electron chi connectivity index (χ0n) is 21.0. The number of hydrogen-bond acceptors (Lipinski definition) is 5. The summed E-state index contributed by atoms with van der Waals surface area (Å²) in [6.07, 6.45) is 17.0. The van der Waals surface area contributed by atoms with Crippen molar-refractivity contribution in [3.63, 3.8) is 0 Å². The van der Waals surface area contributed by atoms with Crippen LogP contribution in [0.25, 0.3) is 5.57 Å². The second-order valence-corrected chi connectivity index (χ2v) is 11.1. The molecule has 0 saturated heterocycles. The first kappa shape index (κ1) is 24.8. The smallest absolute Gasteiger partial charge is 0.478 e. The predicted molar refractivity (Wildman–Crippen MR) is 136 cm³/mol. The quantitative estimate of drug-likeness (QED) is 0.244. The molecular weight excluding hydrogens is 456 g/mol. The van der Waals surface area contributed by atoms with Gasteiger partial charge < -0.3 is 19.3 Å². The molecule has 1 unspecified atom stereocenters. The van der Waals surface area contributed by atoms with Crippen LogP contribution in [0.1, 0.15) is 69.4 Å². The summed E-state index contributed by atoms with van der Waals surface area (Å²) in [7, 11) is 0. The Morgan fingerprint density at radius 3 is 2.42 bits per heavy atom. The van der Waals surface area contributed by atoms with E-state index in [0.717, 1.165) is 29.4 Å². The minimum absolute atomic E-state index is 0.275. The fraction of sp³-hybridized carbons (Fsp3) is 0.533. The van der Waals surface area contributed by atoms with Crippen molar-refractivity contribution in [2.24, 2.45) is 17.8 Å². The molecule has 4 fully saturated rings. The Kier molecular flexibility index (Phi) is 7.07. The monoisotopic (exact) mass is 492 g/mol. The van der Waals surface area contributed by atoms with Crippen LogP contribution >= 0.6 is 0 Å². The summed E-state index contributed by atoms with van der Waals surface area (Å²) in [5.41, 5.74) is 3.07. The summed E-state index contributed by atoms with van der Waals surface area (Å²) in [6.45, 7) is 1.84. The van der Waals surface area contributed by atoms with Gasteiger partial charge in [0.2, 0.25) is 0 Å².